The van der Waals surface area contributed by atoms with Gasteiger partial charge in [0.05, 0.1) is 5.25 Å². The number of hydrogen-bond acceptors (Lipinski definition) is 4. The molecular weight excluding hydrogens is 358 g/mol. The van der Waals surface area contributed by atoms with E-state index in [-0.39, 0.29) is 11.2 Å². The average Bonchev–Trinajstić information content (AvgIpc) is 3.11. The quantitative estimate of drug-likeness (QED) is 0.682. The minimum atomic E-state index is -0.138. The smallest absolute Gasteiger partial charge is 0.235 e. The van der Waals surface area contributed by atoms with Crippen molar-refractivity contribution < 1.29 is 4.79 Å². The molecule has 1 saturated heterocycles. The summed E-state index contributed by atoms with van der Waals surface area (Å²) in [5.41, 5.74) is 2.18. The fraction of sp³-hybridized carbons (Fsp3) is 0.450. The lowest BCUT2D eigenvalue weighted by Gasteiger charge is -2.19. The molecule has 3 heterocycles. The number of carbonyl (C=O) groups excluding carboxylic acids is 1. The minimum absolute atomic E-state index is 0.138. The van der Waals surface area contributed by atoms with E-state index in [9.17, 15) is 4.79 Å². The van der Waals surface area contributed by atoms with Crippen molar-refractivity contribution in [1.82, 2.24) is 24.6 Å². The molecule has 7 heteroatoms. The summed E-state index contributed by atoms with van der Waals surface area (Å²) in [6.45, 7) is 3.77. The lowest BCUT2D eigenvalue weighted by atomic mass is 10.1. The highest BCUT2D eigenvalue weighted by Crippen LogP contribution is 2.43. The van der Waals surface area contributed by atoms with Gasteiger partial charge in [-0.05, 0) is 38.7 Å². The summed E-state index contributed by atoms with van der Waals surface area (Å²) in [7, 11) is 0. The van der Waals surface area contributed by atoms with Gasteiger partial charge in [0.2, 0.25) is 5.91 Å². The van der Waals surface area contributed by atoms with Crippen LogP contribution in [0.25, 0.3) is 22.3 Å². The minimum Gasteiger partial charge on any atom is -0.360 e. The van der Waals surface area contributed by atoms with Crippen molar-refractivity contribution in [1.29, 1.82) is 0 Å². The third kappa shape index (κ3) is 3.04. The Morgan fingerprint density at radius 1 is 1.22 bits per heavy atom. The van der Waals surface area contributed by atoms with Crippen LogP contribution < -0.4 is 0 Å². The second kappa shape index (κ2) is 6.71. The zero-order valence-corrected chi connectivity index (χ0v) is 16.2. The normalized spacial score (nSPS) is 18.3. The molecule has 3 aromatic rings. The van der Waals surface area contributed by atoms with Crippen LogP contribution in [0.5, 0.6) is 0 Å². The number of amides is 1. The maximum atomic E-state index is 12.7. The van der Waals surface area contributed by atoms with Gasteiger partial charge in [0.15, 0.2) is 11.0 Å². The molecule has 1 aromatic carbocycles. The Kier molecular flexibility index (Phi) is 4.19. The molecule has 6 nitrogen and oxygen atoms in total. The Hall–Kier alpha value is -2.28. The van der Waals surface area contributed by atoms with E-state index in [2.05, 4.69) is 31.9 Å². The van der Waals surface area contributed by atoms with E-state index in [1.54, 1.807) is 11.8 Å². The van der Waals surface area contributed by atoms with Crippen molar-refractivity contribution in [2.75, 3.05) is 13.1 Å². The van der Waals surface area contributed by atoms with Crippen LogP contribution in [0.2, 0.25) is 0 Å². The van der Waals surface area contributed by atoms with E-state index >= 15 is 0 Å². The number of aromatic amines is 1. The maximum absolute atomic E-state index is 12.7. The van der Waals surface area contributed by atoms with E-state index in [1.807, 2.05) is 30.2 Å². The van der Waals surface area contributed by atoms with E-state index in [4.69, 9.17) is 0 Å². The summed E-state index contributed by atoms with van der Waals surface area (Å²) in [5, 5.41) is 10.9. The molecule has 1 N–H and O–H groups in total. The number of para-hydroxylation sites is 1. The molecule has 27 heavy (non-hydrogen) atoms. The summed E-state index contributed by atoms with van der Waals surface area (Å²) in [5.74, 6) is 1.12. The summed E-state index contributed by atoms with van der Waals surface area (Å²) in [4.78, 5) is 18.0. The monoisotopic (exact) mass is 381 g/mol. The molecule has 5 rings (SSSR count). The van der Waals surface area contributed by atoms with Crippen molar-refractivity contribution in [2.24, 2.45) is 0 Å². The number of thioether (sulfide) groups is 1. The van der Waals surface area contributed by atoms with Crippen LogP contribution in [0, 0.1) is 0 Å². The maximum Gasteiger partial charge on any atom is 0.235 e. The van der Waals surface area contributed by atoms with Gasteiger partial charge in [-0.15, -0.1) is 10.2 Å². The van der Waals surface area contributed by atoms with Gasteiger partial charge in [-0.25, -0.2) is 0 Å². The largest absolute Gasteiger partial charge is 0.360 e. The molecule has 2 aromatic heterocycles. The molecule has 1 aliphatic heterocycles. The lowest BCUT2D eigenvalue weighted by molar-refractivity contribution is -0.129. The molecule has 140 valence electrons. The Morgan fingerprint density at radius 2 is 2.00 bits per heavy atom. The molecule has 0 bridgehead atoms. The van der Waals surface area contributed by atoms with Crippen LogP contribution in [0.3, 0.4) is 0 Å². The second-order valence-corrected chi connectivity index (χ2v) is 8.76. The molecule has 0 spiro atoms. The molecule has 0 unspecified atom stereocenters. The van der Waals surface area contributed by atoms with Crippen LogP contribution in [0.15, 0.2) is 35.6 Å². The molecule has 1 saturated carbocycles. The standard InChI is InChI=1S/C20H23N5OS/c1-13(19(26)24-10-4-5-11-24)27-20-23-22-18(25(20)14-8-9-14)16-12-21-17-7-3-2-6-15(16)17/h2-3,6-7,12-14,21H,4-5,8-11H2,1H3/t13-/m0/s1. The zero-order valence-electron chi connectivity index (χ0n) is 15.4. The van der Waals surface area contributed by atoms with E-state index in [0.29, 0.717) is 6.04 Å². The number of H-pyrrole nitrogens is 1. The predicted molar refractivity (Wildman–Crippen MR) is 107 cm³/mol. The Morgan fingerprint density at radius 3 is 2.78 bits per heavy atom. The van der Waals surface area contributed by atoms with E-state index < -0.39 is 0 Å². The number of benzene rings is 1. The first kappa shape index (κ1) is 16.9. The van der Waals surface area contributed by atoms with E-state index in [0.717, 1.165) is 66.2 Å². The van der Waals surface area contributed by atoms with Gasteiger partial charge < -0.3 is 9.88 Å². The summed E-state index contributed by atoms with van der Waals surface area (Å²) >= 11 is 1.54. The molecule has 1 atom stereocenters. The molecular formula is C20H23N5OS. The van der Waals surface area contributed by atoms with Crippen molar-refractivity contribution >= 4 is 28.6 Å². The van der Waals surface area contributed by atoms with Crippen molar-refractivity contribution in [2.45, 2.75) is 49.1 Å². The number of rotatable bonds is 5. The van der Waals surface area contributed by atoms with Gasteiger partial charge in [0, 0.05) is 41.8 Å². The average molecular weight is 382 g/mol. The number of fused-ring (bicyclic) bond motifs is 1. The fourth-order valence-corrected chi connectivity index (χ4v) is 4.87. The number of likely N-dealkylation sites (tertiary alicyclic amines) is 1. The van der Waals surface area contributed by atoms with Crippen molar-refractivity contribution in [3.63, 3.8) is 0 Å². The Labute approximate surface area is 162 Å². The SMILES string of the molecule is C[C@H](Sc1nnc(-c2c[nH]c3ccccc23)n1C1CC1)C(=O)N1CCCC1. The van der Waals surface area contributed by atoms with Crippen LogP contribution in [-0.2, 0) is 4.79 Å². The Bertz CT molecular complexity index is 983. The van der Waals surface area contributed by atoms with Crippen LogP contribution in [0.1, 0.15) is 38.6 Å². The van der Waals surface area contributed by atoms with Gasteiger partial charge in [-0.3, -0.25) is 9.36 Å². The number of aromatic nitrogens is 4. The number of nitrogens with zero attached hydrogens (tertiary/aromatic N) is 4. The highest BCUT2D eigenvalue weighted by atomic mass is 32.2. The number of nitrogens with one attached hydrogen (secondary N) is 1. The van der Waals surface area contributed by atoms with Crippen molar-refractivity contribution in [3.05, 3.63) is 30.5 Å². The van der Waals surface area contributed by atoms with Gasteiger partial charge in [-0.2, -0.15) is 0 Å². The first-order valence-corrected chi connectivity index (χ1v) is 10.6. The lowest BCUT2D eigenvalue weighted by Crippen LogP contribution is -2.34. The van der Waals surface area contributed by atoms with Gasteiger partial charge in [0.25, 0.3) is 0 Å². The van der Waals surface area contributed by atoms with Crippen LogP contribution in [-0.4, -0.2) is 48.9 Å². The fourth-order valence-electron chi connectivity index (χ4n) is 3.86. The Balaban J connectivity index is 1.47. The van der Waals surface area contributed by atoms with Crippen molar-refractivity contribution in [3.8, 4) is 11.4 Å². The number of hydrogen-bond donors (Lipinski definition) is 1. The molecule has 2 fully saturated rings. The van der Waals surface area contributed by atoms with Crippen LogP contribution >= 0.6 is 11.8 Å². The third-order valence-electron chi connectivity index (χ3n) is 5.45. The first-order valence-electron chi connectivity index (χ1n) is 9.69. The van der Waals surface area contributed by atoms with E-state index in [1.165, 1.54) is 0 Å². The molecule has 2 aliphatic rings. The summed E-state index contributed by atoms with van der Waals surface area (Å²) < 4.78 is 2.24. The third-order valence-corrected chi connectivity index (χ3v) is 6.50. The predicted octanol–water partition coefficient (Wildman–Crippen LogP) is 3.86. The second-order valence-electron chi connectivity index (χ2n) is 7.45. The van der Waals surface area contributed by atoms with Gasteiger partial charge in [0.1, 0.15) is 0 Å². The molecule has 0 radical (unpaired) electrons. The zero-order chi connectivity index (χ0) is 18.4. The highest BCUT2D eigenvalue weighted by molar-refractivity contribution is 8.00. The first-order chi connectivity index (χ1) is 13.2. The highest BCUT2D eigenvalue weighted by Gasteiger charge is 2.33. The molecule has 1 aliphatic carbocycles. The van der Waals surface area contributed by atoms with Gasteiger partial charge in [-0.1, -0.05) is 30.0 Å². The van der Waals surface area contributed by atoms with Crippen LogP contribution in [0.4, 0.5) is 0 Å². The molecule has 1 amide bonds. The summed E-state index contributed by atoms with van der Waals surface area (Å²) in [6.07, 6.45) is 6.55. The number of carbonyl (C=O) groups is 1. The van der Waals surface area contributed by atoms with Gasteiger partial charge >= 0.3 is 0 Å². The summed E-state index contributed by atoms with van der Waals surface area (Å²) in [6, 6.07) is 8.70. The topological polar surface area (TPSA) is 66.8 Å².